The van der Waals surface area contributed by atoms with E-state index in [2.05, 4.69) is 10.4 Å². The molecule has 2 aromatic heterocycles. The molecule has 1 N–H and O–H groups in total. The highest BCUT2D eigenvalue weighted by Crippen LogP contribution is 2.24. The van der Waals surface area contributed by atoms with Crippen LogP contribution in [0.3, 0.4) is 0 Å². The summed E-state index contributed by atoms with van der Waals surface area (Å²) in [6.07, 6.45) is 0.722. The first-order valence-electron chi connectivity index (χ1n) is 10.1. The third kappa shape index (κ3) is 4.21. The summed E-state index contributed by atoms with van der Waals surface area (Å²) in [5.74, 6) is 0.148. The van der Waals surface area contributed by atoms with Crippen LogP contribution in [0.1, 0.15) is 23.9 Å². The van der Waals surface area contributed by atoms with Crippen molar-refractivity contribution in [2.24, 2.45) is 0 Å². The van der Waals surface area contributed by atoms with Crippen molar-refractivity contribution in [2.45, 2.75) is 27.2 Å². The van der Waals surface area contributed by atoms with E-state index < -0.39 is 5.63 Å². The van der Waals surface area contributed by atoms with Crippen molar-refractivity contribution in [1.29, 1.82) is 0 Å². The number of hydrogen-bond acceptors (Lipinski definition) is 5. The lowest BCUT2D eigenvalue weighted by atomic mass is 10.1. The second kappa shape index (κ2) is 8.47. The summed E-state index contributed by atoms with van der Waals surface area (Å²) in [5.41, 5.74) is 4.08. The van der Waals surface area contributed by atoms with Gasteiger partial charge in [0.05, 0.1) is 22.8 Å². The van der Waals surface area contributed by atoms with Gasteiger partial charge in [-0.2, -0.15) is 5.10 Å². The molecule has 31 heavy (non-hydrogen) atoms. The maximum Gasteiger partial charge on any atom is 0.336 e. The number of nitrogens with one attached hydrogen (secondary N) is 1. The van der Waals surface area contributed by atoms with Crippen molar-refractivity contribution < 1.29 is 13.9 Å². The Hall–Kier alpha value is -3.87. The number of anilines is 1. The zero-order valence-electron chi connectivity index (χ0n) is 17.6. The molecule has 0 saturated carbocycles. The molecule has 158 valence electrons. The van der Waals surface area contributed by atoms with E-state index in [4.69, 9.17) is 9.15 Å². The standard InChI is InChI=1S/C24H23N3O4/c1-4-17-12-23(29)31-21-13-19(10-11-20(17)21)30-14-22(28)25-24-15(2)26-27(16(24)3)18-8-6-5-7-9-18/h5-13H,4,14H2,1-3H3,(H,25,28). The van der Waals surface area contributed by atoms with Gasteiger partial charge < -0.3 is 14.5 Å². The first kappa shape index (κ1) is 20.4. The van der Waals surface area contributed by atoms with Gasteiger partial charge in [0.15, 0.2) is 6.61 Å². The zero-order valence-corrected chi connectivity index (χ0v) is 17.6. The number of nitrogens with zero attached hydrogens (tertiary/aromatic N) is 2. The highest BCUT2D eigenvalue weighted by atomic mass is 16.5. The van der Waals surface area contributed by atoms with Crippen LogP contribution in [0.25, 0.3) is 16.7 Å². The molecule has 4 aromatic rings. The predicted molar refractivity (Wildman–Crippen MR) is 119 cm³/mol. The minimum atomic E-state index is -0.402. The summed E-state index contributed by atoms with van der Waals surface area (Å²) in [7, 11) is 0. The first-order chi connectivity index (χ1) is 15.0. The first-order valence-corrected chi connectivity index (χ1v) is 10.1. The van der Waals surface area contributed by atoms with Gasteiger partial charge in [0.2, 0.25) is 0 Å². The number of aromatic nitrogens is 2. The number of fused-ring (bicyclic) bond motifs is 1. The van der Waals surface area contributed by atoms with Gasteiger partial charge in [-0.1, -0.05) is 25.1 Å². The number of para-hydroxylation sites is 1. The van der Waals surface area contributed by atoms with Crippen LogP contribution < -0.4 is 15.7 Å². The number of aryl methyl sites for hydroxylation is 2. The van der Waals surface area contributed by atoms with E-state index in [1.54, 1.807) is 16.8 Å². The van der Waals surface area contributed by atoms with E-state index in [0.29, 0.717) is 22.7 Å². The molecule has 0 spiro atoms. The van der Waals surface area contributed by atoms with E-state index >= 15 is 0 Å². The minimum Gasteiger partial charge on any atom is -0.484 e. The number of ether oxygens (including phenoxy) is 1. The van der Waals surface area contributed by atoms with Gasteiger partial charge in [0, 0.05) is 17.5 Å². The largest absolute Gasteiger partial charge is 0.484 e. The summed E-state index contributed by atoms with van der Waals surface area (Å²) in [6.45, 7) is 5.55. The Kier molecular flexibility index (Phi) is 5.58. The molecular formula is C24H23N3O4. The van der Waals surface area contributed by atoms with E-state index in [0.717, 1.165) is 28.8 Å². The molecule has 0 aliphatic carbocycles. The number of rotatable bonds is 6. The second-order valence-corrected chi connectivity index (χ2v) is 7.23. The summed E-state index contributed by atoms with van der Waals surface area (Å²) < 4.78 is 12.7. The SMILES string of the molecule is CCc1cc(=O)oc2cc(OCC(=O)Nc3c(C)nn(-c4ccccc4)c3C)ccc12. The Bertz CT molecular complexity index is 1310. The summed E-state index contributed by atoms with van der Waals surface area (Å²) >= 11 is 0. The third-order valence-corrected chi connectivity index (χ3v) is 5.11. The number of benzene rings is 2. The molecule has 1 amide bonds. The number of hydrogen-bond donors (Lipinski definition) is 1. The molecule has 0 aliphatic heterocycles. The second-order valence-electron chi connectivity index (χ2n) is 7.23. The lowest BCUT2D eigenvalue weighted by Crippen LogP contribution is -2.21. The lowest BCUT2D eigenvalue weighted by molar-refractivity contribution is -0.118. The highest BCUT2D eigenvalue weighted by Gasteiger charge is 2.16. The van der Waals surface area contributed by atoms with Crippen LogP contribution >= 0.6 is 0 Å². The molecule has 0 fully saturated rings. The van der Waals surface area contributed by atoms with Crippen LogP contribution in [0.5, 0.6) is 5.75 Å². The van der Waals surface area contributed by atoms with Gasteiger partial charge >= 0.3 is 5.63 Å². The van der Waals surface area contributed by atoms with Crippen molar-refractivity contribution in [3.8, 4) is 11.4 Å². The van der Waals surface area contributed by atoms with E-state index in [1.807, 2.05) is 57.2 Å². The fraction of sp³-hybridized carbons (Fsp3) is 0.208. The summed E-state index contributed by atoms with van der Waals surface area (Å²) in [6, 6.07) is 16.5. The highest BCUT2D eigenvalue weighted by molar-refractivity contribution is 5.93. The quantitative estimate of drug-likeness (QED) is 0.476. The van der Waals surface area contributed by atoms with Crippen molar-refractivity contribution in [3.63, 3.8) is 0 Å². The Balaban J connectivity index is 1.48. The van der Waals surface area contributed by atoms with Crippen LogP contribution in [0.4, 0.5) is 5.69 Å². The van der Waals surface area contributed by atoms with Gasteiger partial charge in [-0.25, -0.2) is 9.48 Å². The molecule has 2 heterocycles. The molecular weight excluding hydrogens is 394 g/mol. The molecule has 4 rings (SSSR count). The van der Waals surface area contributed by atoms with Gasteiger partial charge in [0.25, 0.3) is 5.91 Å². The maximum atomic E-state index is 12.5. The number of carbonyl (C=O) groups is 1. The molecule has 0 bridgehead atoms. The van der Waals surface area contributed by atoms with Crippen LogP contribution in [0.2, 0.25) is 0 Å². The van der Waals surface area contributed by atoms with Crippen LogP contribution in [-0.4, -0.2) is 22.3 Å². The average Bonchev–Trinajstić information content (AvgIpc) is 3.05. The van der Waals surface area contributed by atoms with E-state index in [-0.39, 0.29) is 12.5 Å². The molecule has 0 radical (unpaired) electrons. The number of carbonyl (C=O) groups excluding carboxylic acids is 1. The molecule has 0 unspecified atom stereocenters. The van der Waals surface area contributed by atoms with Crippen molar-refractivity contribution in [1.82, 2.24) is 9.78 Å². The average molecular weight is 417 g/mol. The minimum absolute atomic E-state index is 0.182. The normalized spacial score (nSPS) is 10.9. The van der Waals surface area contributed by atoms with Gasteiger partial charge in [0.1, 0.15) is 11.3 Å². The number of amides is 1. The van der Waals surface area contributed by atoms with E-state index in [1.165, 1.54) is 6.07 Å². The van der Waals surface area contributed by atoms with Crippen molar-refractivity contribution >= 4 is 22.6 Å². The van der Waals surface area contributed by atoms with Gasteiger partial charge in [-0.15, -0.1) is 0 Å². The Morgan fingerprint density at radius 1 is 1.13 bits per heavy atom. The summed E-state index contributed by atoms with van der Waals surface area (Å²) in [5, 5.41) is 8.27. The Morgan fingerprint density at radius 3 is 2.65 bits per heavy atom. The zero-order chi connectivity index (χ0) is 22.0. The van der Waals surface area contributed by atoms with Crippen molar-refractivity contribution in [3.05, 3.63) is 82.0 Å². The Morgan fingerprint density at radius 2 is 1.90 bits per heavy atom. The molecule has 0 atom stereocenters. The molecule has 7 nitrogen and oxygen atoms in total. The Labute approximate surface area is 179 Å². The van der Waals surface area contributed by atoms with Gasteiger partial charge in [-0.3, -0.25) is 4.79 Å². The van der Waals surface area contributed by atoms with Crippen LogP contribution in [0, 0.1) is 13.8 Å². The smallest absolute Gasteiger partial charge is 0.336 e. The fourth-order valence-corrected chi connectivity index (χ4v) is 3.56. The van der Waals surface area contributed by atoms with Gasteiger partial charge in [-0.05, 0) is 50.1 Å². The molecule has 2 aromatic carbocycles. The van der Waals surface area contributed by atoms with E-state index in [9.17, 15) is 9.59 Å². The monoisotopic (exact) mass is 417 g/mol. The van der Waals surface area contributed by atoms with Crippen LogP contribution in [-0.2, 0) is 11.2 Å². The topological polar surface area (TPSA) is 86.4 Å². The predicted octanol–water partition coefficient (Wildman–Crippen LogP) is 4.18. The van der Waals surface area contributed by atoms with Crippen molar-refractivity contribution in [2.75, 3.05) is 11.9 Å². The maximum absolute atomic E-state index is 12.5. The summed E-state index contributed by atoms with van der Waals surface area (Å²) in [4.78, 5) is 24.2. The fourth-order valence-electron chi connectivity index (χ4n) is 3.56. The third-order valence-electron chi connectivity index (χ3n) is 5.11. The molecule has 7 heteroatoms. The lowest BCUT2D eigenvalue weighted by Gasteiger charge is -2.09. The molecule has 0 saturated heterocycles. The molecule has 0 aliphatic rings. The van der Waals surface area contributed by atoms with Crippen LogP contribution in [0.15, 0.2) is 63.8 Å².